The van der Waals surface area contributed by atoms with Crippen LogP contribution in [-0.2, 0) is 6.42 Å². The molecule has 0 spiro atoms. The molecular weight excluding hydrogens is 240 g/mol. The maximum absolute atomic E-state index is 5.16. The fourth-order valence-electron chi connectivity index (χ4n) is 1.91. The number of hydrogen-bond acceptors (Lipinski definition) is 2. The molecule has 0 aliphatic rings. The first-order valence-electron chi connectivity index (χ1n) is 6.14. The highest BCUT2D eigenvalue weighted by Gasteiger charge is 2.01. The van der Waals surface area contributed by atoms with Crippen LogP contribution in [-0.4, -0.2) is 7.11 Å². The Hall–Kier alpha value is -1.41. The molecule has 0 saturated heterocycles. The van der Waals surface area contributed by atoms with Gasteiger partial charge >= 0.3 is 0 Å². The van der Waals surface area contributed by atoms with Crippen LogP contribution in [0.15, 0.2) is 52.3 Å². The molecule has 0 atom stereocenters. The third-order valence-electron chi connectivity index (χ3n) is 2.99. The summed E-state index contributed by atoms with van der Waals surface area (Å²) in [5.74, 6) is 0.900. The Labute approximate surface area is 113 Å². The van der Waals surface area contributed by atoms with Crippen molar-refractivity contribution >= 4 is 11.8 Å². The Morgan fingerprint density at radius 1 is 1.00 bits per heavy atom. The van der Waals surface area contributed by atoms with Crippen LogP contribution in [0.25, 0.3) is 0 Å². The van der Waals surface area contributed by atoms with Gasteiger partial charge in [-0.25, -0.2) is 0 Å². The third kappa shape index (κ3) is 3.08. The van der Waals surface area contributed by atoms with Crippen LogP contribution in [0.3, 0.4) is 0 Å². The number of methoxy groups -OCH3 is 1. The summed E-state index contributed by atoms with van der Waals surface area (Å²) in [6.07, 6.45) is 1.10. The highest BCUT2D eigenvalue weighted by Crippen LogP contribution is 2.30. The van der Waals surface area contributed by atoms with E-state index in [0.29, 0.717) is 0 Å². The van der Waals surface area contributed by atoms with E-state index in [9.17, 15) is 0 Å². The summed E-state index contributed by atoms with van der Waals surface area (Å²) < 4.78 is 5.16. The molecule has 18 heavy (non-hydrogen) atoms. The van der Waals surface area contributed by atoms with Crippen molar-refractivity contribution < 1.29 is 4.74 Å². The monoisotopic (exact) mass is 258 g/mol. The summed E-state index contributed by atoms with van der Waals surface area (Å²) in [5, 5.41) is 0. The van der Waals surface area contributed by atoms with Crippen molar-refractivity contribution in [3.8, 4) is 5.75 Å². The number of benzene rings is 2. The fraction of sp³-hybridized carbons (Fsp3) is 0.250. The molecule has 0 aromatic heterocycles. The van der Waals surface area contributed by atoms with E-state index < -0.39 is 0 Å². The van der Waals surface area contributed by atoms with E-state index in [-0.39, 0.29) is 0 Å². The molecule has 1 nitrogen and oxygen atoms in total. The van der Waals surface area contributed by atoms with Crippen molar-refractivity contribution in [2.24, 2.45) is 0 Å². The molecule has 2 aromatic carbocycles. The summed E-state index contributed by atoms with van der Waals surface area (Å²) in [6, 6.07) is 14.8. The van der Waals surface area contributed by atoms with Gasteiger partial charge in [-0.15, -0.1) is 0 Å². The lowest BCUT2D eigenvalue weighted by Gasteiger charge is -2.07. The minimum atomic E-state index is 0.900. The Bertz CT molecular complexity index is 517. The first-order chi connectivity index (χ1) is 8.72. The normalized spacial score (nSPS) is 10.4. The smallest absolute Gasteiger partial charge is 0.118 e. The summed E-state index contributed by atoms with van der Waals surface area (Å²) >= 11 is 1.78. The molecule has 2 heteroatoms. The first kappa shape index (κ1) is 13.0. The fourth-order valence-corrected chi connectivity index (χ4v) is 2.82. The molecule has 0 amide bonds. The Morgan fingerprint density at radius 3 is 2.22 bits per heavy atom. The lowest BCUT2D eigenvalue weighted by Crippen LogP contribution is -1.86. The van der Waals surface area contributed by atoms with E-state index in [2.05, 4.69) is 44.2 Å². The summed E-state index contributed by atoms with van der Waals surface area (Å²) in [6.45, 7) is 4.37. The summed E-state index contributed by atoms with van der Waals surface area (Å²) in [7, 11) is 1.69. The predicted octanol–water partition coefficient (Wildman–Crippen LogP) is 4.72. The number of rotatable bonds is 4. The Morgan fingerprint density at radius 2 is 1.67 bits per heavy atom. The molecule has 0 bridgehead atoms. The van der Waals surface area contributed by atoms with E-state index >= 15 is 0 Å². The van der Waals surface area contributed by atoms with E-state index in [1.807, 2.05) is 12.1 Å². The molecule has 2 aromatic rings. The van der Waals surface area contributed by atoms with Crippen LogP contribution in [0.2, 0.25) is 0 Å². The topological polar surface area (TPSA) is 9.23 Å². The second-order valence-electron chi connectivity index (χ2n) is 4.22. The molecule has 0 unspecified atom stereocenters. The molecule has 0 aliphatic heterocycles. The standard InChI is InChI=1S/C16H18OS/c1-4-13-5-8-16(11-12(13)2)18-15-9-6-14(17-3)7-10-15/h5-11H,4H2,1-3H3. The van der Waals surface area contributed by atoms with Gasteiger partial charge in [-0.2, -0.15) is 0 Å². The van der Waals surface area contributed by atoms with Gasteiger partial charge in [0.15, 0.2) is 0 Å². The molecule has 0 saturated carbocycles. The third-order valence-corrected chi connectivity index (χ3v) is 3.99. The van der Waals surface area contributed by atoms with Crippen molar-refractivity contribution in [1.29, 1.82) is 0 Å². The van der Waals surface area contributed by atoms with Gasteiger partial charge in [0.2, 0.25) is 0 Å². The Kier molecular flexibility index (Phi) is 4.32. The van der Waals surface area contributed by atoms with Crippen LogP contribution in [0.5, 0.6) is 5.75 Å². The van der Waals surface area contributed by atoms with Gasteiger partial charge in [0.1, 0.15) is 5.75 Å². The molecule has 2 rings (SSSR count). The minimum Gasteiger partial charge on any atom is -0.497 e. The molecule has 0 N–H and O–H groups in total. The van der Waals surface area contributed by atoms with Crippen molar-refractivity contribution in [1.82, 2.24) is 0 Å². The zero-order valence-corrected chi connectivity index (χ0v) is 11.9. The van der Waals surface area contributed by atoms with E-state index in [1.54, 1.807) is 18.9 Å². The minimum absolute atomic E-state index is 0.900. The van der Waals surface area contributed by atoms with Crippen LogP contribution >= 0.6 is 11.8 Å². The molecule has 0 aliphatic carbocycles. The summed E-state index contributed by atoms with van der Waals surface area (Å²) in [4.78, 5) is 2.52. The molecule has 94 valence electrons. The average Bonchev–Trinajstić information content (AvgIpc) is 2.40. The lowest BCUT2D eigenvalue weighted by molar-refractivity contribution is 0.414. The zero-order chi connectivity index (χ0) is 13.0. The van der Waals surface area contributed by atoms with Gasteiger partial charge in [0.25, 0.3) is 0 Å². The quantitative estimate of drug-likeness (QED) is 0.785. The first-order valence-corrected chi connectivity index (χ1v) is 6.96. The van der Waals surface area contributed by atoms with Crippen LogP contribution in [0.4, 0.5) is 0 Å². The maximum Gasteiger partial charge on any atom is 0.118 e. The van der Waals surface area contributed by atoms with E-state index in [0.717, 1.165) is 12.2 Å². The van der Waals surface area contributed by atoms with Crippen LogP contribution in [0.1, 0.15) is 18.1 Å². The predicted molar refractivity (Wildman–Crippen MR) is 77.7 cm³/mol. The second kappa shape index (κ2) is 5.96. The zero-order valence-electron chi connectivity index (χ0n) is 11.1. The van der Waals surface area contributed by atoms with Crippen molar-refractivity contribution in [3.63, 3.8) is 0 Å². The molecule has 0 radical (unpaired) electrons. The number of aryl methyl sites for hydroxylation is 2. The number of hydrogen-bond donors (Lipinski definition) is 0. The van der Waals surface area contributed by atoms with Gasteiger partial charge in [0, 0.05) is 9.79 Å². The van der Waals surface area contributed by atoms with Crippen LogP contribution < -0.4 is 4.74 Å². The largest absolute Gasteiger partial charge is 0.497 e. The van der Waals surface area contributed by atoms with Gasteiger partial charge in [-0.1, -0.05) is 24.8 Å². The second-order valence-corrected chi connectivity index (χ2v) is 5.37. The average molecular weight is 258 g/mol. The van der Waals surface area contributed by atoms with Crippen LogP contribution in [0, 0.1) is 6.92 Å². The highest BCUT2D eigenvalue weighted by atomic mass is 32.2. The maximum atomic E-state index is 5.16. The number of ether oxygens (including phenoxy) is 1. The highest BCUT2D eigenvalue weighted by molar-refractivity contribution is 7.99. The van der Waals surface area contributed by atoms with Gasteiger partial charge in [-0.3, -0.25) is 0 Å². The van der Waals surface area contributed by atoms with Crippen molar-refractivity contribution in [3.05, 3.63) is 53.6 Å². The van der Waals surface area contributed by atoms with Gasteiger partial charge in [-0.05, 0) is 60.9 Å². The van der Waals surface area contributed by atoms with Crippen molar-refractivity contribution in [2.75, 3.05) is 7.11 Å². The van der Waals surface area contributed by atoms with E-state index in [1.165, 1.54) is 20.9 Å². The molecule has 0 fully saturated rings. The van der Waals surface area contributed by atoms with Crippen molar-refractivity contribution in [2.45, 2.75) is 30.1 Å². The molecular formula is C16H18OS. The Balaban J connectivity index is 2.15. The molecule has 0 heterocycles. The lowest BCUT2D eigenvalue weighted by atomic mass is 10.1. The SMILES string of the molecule is CCc1ccc(Sc2ccc(OC)cc2)cc1C. The van der Waals surface area contributed by atoms with Gasteiger partial charge < -0.3 is 4.74 Å². The van der Waals surface area contributed by atoms with Gasteiger partial charge in [0.05, 0.1) is 7.11 Å². The summed E-state index contributed by atoms with van der Waals surface area (Å²) in [5.41, 5.74) is 2.80. The van der Waals surface area contributed by atoms with E-state index in [4.69, 9.17) is 4.74 Å².